The number of benzene rings is 4. The van der Waals surface area contributed by atoms with Crippen molar-refractivity contribution < 1.29 is 62.5 Å². The van der Waals surface area contributed by atoms with E-state index in [1.54, 1.807) is 46.8 Å². The highest BCUT2D eigenvalue weighted by atomic mass is 16.7. The number of amides is 1. The van der Waals surface area contributed by atoms with Gasteiger partial charge in [-0.3, -0.25) is 29.0 Å². The van der Waals surface area contributed by atoms with Crippen LogP contribution in [-0.4, -0.2) is 169 Å². The highest BCUT2D eigenvalue weighted by Gasteiger charge is 2.50. The minimum Gasteiger partial charge on any atom is -0.505 e. The number of ether oxygens (including phenoxy) is 6. The second kappa shape index (κ2) is 25.6. The van der Waals surface area contributed by atoms with E-state index < -0.39 is 82.7 Å². The topological polar surface area (TPSA) is 235 Å². The van der Waals surface area contributed by atoms with Crippen LogP contribution in [0.1, 0.15) is 88.4 Å². The highest BCUT2D eigenvalue weighted by molar-refractivity contribution is 6.26. The van der Waals surface area contributed by atoms with Gasteiger partial charge in [0.1, 0.15) is 35.2 Å². The normalized spacial score (nSPS) is 28.7. The number of fused-ring (bicyclic) bond motifs is 2. The number of methoxy groups -OCH3 is 1. The van der Waals surface area contributed by atoms with E-state index in [0.717, 1.165) is 88.6 Å². The minimum absolute atomic E-state index is 0.0187. The molecule has 0 aliphatic carbocycles. The monoisotopic (exact) mass is 1170 g/mol. The van der Waals surface area contributed by atoms with Crippen molar-refractivity contribution in [1.82, 2.24) is 19.7 Å². The molecule has 0 saturated carbocycles. The van der Waals surface area contributed by atoms with Crippen molar-refractivity contribution in [3.8, 4) is 17.2 Å². The molecule has 4 aromatic carbocycles. The van der Waals surface area contributed by atoms with Crippen LogP contribution in [0.5, 0.6) is 17.2 Å². The van der Waals surface area contributed by atoms with E-state index in [9.17, 15) is 29.7 Å². The third kappa shape index (κ3) is 12.6. The lowest BCUT2D eigenvalue weighted by Gasteiger charge is -2.42. The number of aromatic hydroxyl groups is 1. The number of likely N-dealkylation sites (tertiary alicyclic amines) is 1. The number of hydrogen-bond donors (Lipinski definition) is 4. The number of nitrogens with one attached hydrogen (secondary N) is 1. The number of carbonyl (C=O) groups is 3. The summed E-state index contributed by atoms with van der Waals surface area (Å²) in [6.07, 6.45) is 5.86. The molecule has 0 spiro atoms. The largest absolute Gasteiger partial charge is 0.505 e. The summed E-state index contributed by atoms with van der Waals surface area (Å²) < 4.78 is 43.7. The Morgan fingerprint density at radius 1 is 0.859 bits per heavy atom. The fourth-order valence-electron chi connectivity index (χ4n) is 12.8. The molecule has 20 heteroatoms. The van der Waals surface area contributed by atoms with Gasteiger partial charge in [-0.05, 0) is 64.0 Å². The summed E-state index contributed by atoms with van der Waals surface area (Å²) in [6, 6.07) is 12.6. The van der Waals surface area contributed by atoms with Gasteiger partial charge in [-0.25, -0.2) is 4.98 Å². The number of rotatable bonds is 9. The number of anilines is 2. The van der Waals surface area contributed by atoms with Crippen molar-refractivity contribution in [1.29, 1.82) is 0 Å². The van der Waals surface area contributed by atoms with Crippen LogP contribution in [0.4, 0.5) is 11.4 Å². The van der Waals surface area contributed by atoms with Gasteiger partial charge < -0.3 is 63.3 Å². The molecule has 1 amide bonds. The Labute approximate surface area is 495 Å². The Balaban J connectivity index is 1.12. The second-order valence-corrected chi connectivity index (χ2v) is 24.1. The predicted molar refractivity (Wildman–Crippen MR) is 323 cm³/mol. The number of piperidine rings is 1. The third-order valence-electron chi connectivity index (χ3n) is 18.2. The fourth-order valence-corrected chi connectivity index (χ4v) is 12.8. The van der Waals surface area contributed by atoms with Gasteiger partial charge in [0.2, 0.25) is 0 Å². The molecule has 5 aromatic rings. The predicted octanol–water partition coefficient (Wildman–Crippen LogP) is 7.62. The molecule has 4 N–H and O–H groups in total. The number of phenolic OH excluding ortho intramolecular Hbond substituents is 1. The first-order chi connectivity index (χ1) is 40.7. The standard InChI is InChI=1S/C65H82N6O14/c1-36-12-11-13-37(2)64(78)67-55-59(76)51-50(52-61(41(6)58(51)75)85-65(8,63(52)77)82-29-20-47(79-10)38(3)60(83-42(7)72)40(5)57(74)39(4)56(36)73)54-62(55)84-49-33-46(71-25-23-70(24-26-71)45-18-21-68(9)22-19-45)32-48(53(49)66-54)81-35-44-16-14-43(15-17-44)34-69-27-30-80-31-28-69/h11-17,20,29,32-33,36,38-40,45,47,56-57,60,73-74,76H,18-19,21-28,30-31,34-35H2,1-10H3,(H,67,78)/b12-11+,29-20+,37-13-/t36-,38+,39+,40+,47-,56-,57+,60+,65-/m0/s1. The lowest BCUT2D eigenvalue weighted by molar-refractivity contribution is -0.160. The van der Waals surface area contributed by atoms with Crippen molar-refractivity contribution in [3.63, 3.8) is 0 Å². The van der Waals surface area contributed by atoms with Gasteiger partial charge in [-0.2, -0.15) is 0 Å². The van der Waals surface area contributed by atoms with Crippen LogP contribution in [0.3, 0.4) is 0 Å². The number of aliphatic hydroxyl groups is 2. The average molecular weight is 1170 g/mol. The number of ketones is 1. The van der Waals surface area contributed by atoms with Gasteiger partial charge >= 0.3 is 11.8 Å². The molecule has 6 heterocycles. The van der Waals surface area contributed by atoms with Crippen molar-refractivity contribution in [2.24, 2.45) is 23.7 Å². The zero-order valence-electron chi connectivity index (χ0n) is 50.5. The van der Waals surface area contributed by atoms with Crippen molar-refractivity contribution in [2.45, 2.75) is 118 Å². The fraction of sp³-hybridized carbons (Fsp3) is 0.523. The van der Waals surface area contributed by atoms with Crippen LogP contribution in [0, 0.1) is 30.6 Å². The van der Waals surface area contributed by atoms with Gasteiger partial charge in [0.05, 0.1) is 48.7 Å². The molecule has 456 valence electrons. The Bertz CT molecular complexity index is 3470. The van der Waals surface area contributed by atoms with Crippen LogP contribution < -0.4 is 25.1 Å². The number of aliphatic hydroxyl groups excluding tert-OH is 2. The van der Waals surface area contributed by atoms with E-state index in [2.05, 4.69) is 44.1 Å². The van der Waals surface area contributed by atoms with Gasteiger partial charge in [-0.15, -0.1) is 0 Å². The number of esters is 1. The van der Waals surface area contributed by atoms with Crippen molar-refractivity contribution in [2.75, 3.05) is 89.9 Å². The number of piperazine rings is 1. The number of carbonyl (C=O) groups excluding carboxylic acids is 3. The highest BCUT2D eigenvalue weighted by Crippen LogP contribution is 2.49. The summed E-state index contributed by atoms with van der Waals surface area (Å²) in [5.41, 5.74) is 2.24. The summed E-state index contributed by atoms with van der Waals surface area (Å²) in [4.78, 5) is 72.2. The van der Waals surface area contributed by atoms with E-state index >= 15 is 4.79 Å². The molecule has 85 heavy (non-hydrogen) atoms. The van der Waals surface area contributed by atoms with Gasteiger partial charge in [0.25, 0.3) is 11.7 Å². The Morgan fingerprint density at radius 2 is 1.55 bits per heavy atom. The van der Waals surface area contributed by atoms with Gasteiger partial charge in [-0.1, -0.05) is 70.2 Å². The molecular weight excluding hydrogens is 1090 g/mol. The molecule has 10 rings (SSSR count). The number of phenols is 1. The molecule has 5 aliphatic rings. The molecule has 4 bridgehead atoms. The molecule has 5 aliphatic heterocycles. The van der Waals surface area contributed by atoms with Crippen molar-refractivity contribution in [3.05, 3.63) is 105 Å². The summed E-state index contributed by atoms with van der Waals surface area (Å²) >= 11 is 0. The minimum atomic E-state index is -2.10. The molecule has 20 nitrogen and oxygen atoms in total. The first kappa shape index (κ1) is 61.2. The summed E-state index contributed by atoms with van der Waals surface area (Å²) in [5.74, 6) is -7.07. The maximum Gasteiger partial charge on any atom is 0.312 e. The zero-order chi connectivity index (χ0) is 60.6. The SMILES string of the molecule is CO[C@H]1/C=C/O[C@@]2(C)Oc3c(C)c(=O)c4c(O)c(c5oc6cc(N7CCN(C8CCN(C)CC8)CC7)cc(OCc7ccc(CN8CCOCC8)cc7)c6nc5c4c3C2=O)NC(=O)/C(C)=C\C=C\[C@H](C)[C@H](O)[C@@H](C)[C@@H](O)[C@@H](C)[C@H](OC(C)=O)[C@@H]1C. The Morgan fingerprint density at radius 3 is 2.24 bits per heavy atom. The molecular formula is C65H82N6O14. The number of aromatic nitrogens is 1. The quantitative estimate of drug-likeness (QED) is 0.0481. The Hall–Kier alpha value is -6.91. The average Bonchev–Trinajstić information content (AvgIpc) is 2.00. The number of nitrogens with zero attached hydrogens (tertiary/aromatic N) is 5. The molecule has 0 unspecified atom stereocenters. The van der Waals surface area contributed by atoms with Crippen LogP contribution in [0.15, 0.2) is 81.7 Å². The summed E-state index contributed by atoms with van der Waals surface area (Å²) in [5, 5.41) is 38.4. The number of morpholine rings is 1. The summed E-state index contributed by atoms with van der Waals surface area (Å²) in [7, 11) is 3.63. The first-order valence-electron chi connectivity index (χ1n) is 29.8. The molecule has 0 radical (unpaired) electrons. The smallest absolute Gasteiger partial charge is 0.312 e. The lowest BCUT2D eigenvalue weighted by atomic mass is 9.78. The third-order valence-corrected chi connectivity index (χ3v) is 18.2. The van der Waals surface area contributed by atoms with Crippen LogP contribution >= 0.6 is 0 Å². The maximum absolute atomic E-state index is 15.3. The zero-order valence-corrected chi connectivity index (χ0v) is 50.5. The lowest BCUT2D eigenvalue weighted by Crippen LogP contribution is -2.53. The molecule has 3 saturated heterocycles. The molecule has 3 fully saturated rings. The first-order valence-corrected chi connectivity index (χ1v) is 29.8. The second-order valence-electron chi connectivity index (χ2n) is 24.1. The van der Waals surface area contributed by atoms with Crippen LogP contribution in [0.2, 0.25) is 0 Å². The number of allylic oxidation sites excluding steroid dienone is 2. The van der Waals surface area contributed by atoms with E-state index in [4.69, 9.17) is 37.8 Å². The van der Waals surface area contributed by atoms with E-state index in [1.165, 1.54) is 46.3 Å². The number of hydrogen-bond acceptors (Lipinski definition) is 19. The molecule has 9 atom stereocenters. The Kier molecular flexibility index (Phi) is 18.4. The van der Waals surface area contributed by atoms with Crippen LogP contribution in [-0.2, 0) is 41.7 Å². The van der Waals surface area contributed by atoms with Gasteiger partial charge in [0, 0.05) is 131 Å². The van der Waals surface area contributed by atoms with E-state index in [-0.39, 0.29) is 67.7 Å². The van der Waals surface area contributed by atoms with E-state index in [1.807, 2.05) is 24.3 Å². The van der Waals surface area contributed by atoms with E-state index in [0.29, 0.717) is 25.0 Å². The van der Waals surface area contributed by atoms with Gasteiger partial charge in [0.15, 0.2) is 28.1 Å². The van der Waals surface area contributed by atoms with Crippen LogP contribution in [0.25, 0.3) is 33.0 Å². The number of Topliss-reactive ketones (excluding diaryl/α,β-unsaturated/α-hetero) is 1. The summed E-state index contributed by atoms with van der Waals surface area (Å²) in [6.45, 7) is 22.1. The van der Waals surface area contributed by atoms with Crippen molar-refractivity contribution >= 4 is 62.0 Å². The maximum atomic E-state index is 15.3. The molecule has 1 aromatic heterocycles.